The molecule has 0 radical (unpaired) electrons. The van der Waals surface area contributed by atoms with Crippen LogP contribution < -0.4 is 10.2 Å². The van der Waals surface area contributed by atoms with Gasteiger partial charge in [-0.15, -0.1) is 10.2 Å². The van der Waals surface area contributed by atoms with Crippen LogP contribution in [-0.2, 0) is 4.79 Å². The number of hydrazone groups is 1. The fourth-order valence-corrected chi connectivity index (χ4v) is 3.84. The zero-order valence-corrected chi connectivity index (χ0v) is 19.1. The van der Waals surface area contributed by atoms with E-state index in [4.69, 9.17) is 4.74 Å². The van der Waals surface area contributed by atoms with Crippen LogP contribution in [0.25, 0.3) is 17.1 Å². The van der Waals surface area contributed by atoms with Gasteiger partial charge >= 0.3 is 0 Å². The molecule has 166 valence electrons. The Labute approximate surface area is 196 Å². The summed E-state index contributed by atoms with van der Waals surface area (Å²) in [6.07, 6.45) is 1.61. The summed E-state index contributed by atoms with van der Waals surface area (Å²) in [4.78, 5) is 12.3. The number of carbonyl (C=O) groups excluding carboxylic acids is 1. The normalized spacial score (nSPS) is 11.0. The number of amides is 1. The second kappa shape index (κ2) is 10.6. The summed E-state index contributed by atoms with van der Waals surface area (Å²) >= 11 is 1.30. The average molecular weight is 458 g/mol. The van der Waals surface area contributed by atoms with Crippen LogP contribution in [0.15, 0.2) is 89.1 Å². The Morgan fingerprint density at radius 1 is 1.03 bits per heavy atom. The summed E-state index contributed by atoms with van der Waals surface area (Å²) < 4.78 is 7.21. The van der Waals surface area contributed by atoms with Crippen LogP contribution in [0, 0.1) is 6.92 Å². The van der Waals surface area contributed by atoms with E-state index in [-0.39, 0.29) is 11.7 Å². The number of carbonyl (C=O) groups is 1. The average Bonchev–Trinajstić information content (AvgIpc) is 3.28. The number of thioether (sulfide) groups is 1. The van der Waals surface area contributed by atoms with Gasteiger partial charge < -0.3 is 4.74 Å². The summed E-state index contributed by atoms with van der Waals surface area (Å²) in [5, 5.41) is 13.4. The first-order valence-electron chi connectivity index (χ1n) is 10.3. The van der Waals surface area contributed by atoms with Gasteiger partial charge in [0.2, 0.25) is 0 Å². The summed E-state index contributed by atoms with van der Waals surface area (Å²) in [5.74, 6) is 1.38. The van der Waals surface area contributed by atoms with E-state index in [1.165, 1.54) is 11.8 Å². The van der Waals surface area contributed by atoms with Crippen molar-refractivity contribution in [1.82, 2.24) is 20.2 Å². The van der Waals surface area contributed by atoms with E-state index in [1.54, 1.807) is 13.3 Å². The Morgan fingerprint density at radius 2 is 1.76 bits per heavy atom. The van der Waals surface area contributed by atoms with Gasteiger partial charge in [-0.25, -0.2) is 5.43 Å². The number of nitrogens with zero attached hydrogens (tertiary/aromatic N) is 4. The largest absolute Gasteiger partial charge is 0.497 e. The van der Waals surface area contributed by atoms with Crippen molar-refractivity contribution in [1.29, 1.82) is 0 Å². The van der Waals surface area contributed by atoms with Gasteiger partial charge in [-0.3, -0.25) is 9.36 Å². The van der Waals surface area contributed by atoms with E-state index in [2.05, 4.69) is 20.7 Å². The summed E-state index contributed by atoms with van der Waals surface area (Å²) in [7, 11) is 1.63. The van der Waals surface area contributed by atoms with Crippen molar-refractivity contribution in [3.63, 3.8) is 0 Å². The molecule has 4 rings (SSSR count). The van der Waals surface area contributed by atoms with Gasteiger partial charge in [0.05, 0.1) is 19.1 Å². The zero-order chi connectivity index (χ0) is 23.0. The molecule has 1 amide bonds. The number of benzene rings is 3. The fraction of sp³-hybridized carbons (Fsp3) is 0.120. The number of ether oxygens (including phenoxy) is 1. The number of methoxy groups -OCH3 is 1. The minimum atomic E-state index is -0.225. The number of rotatable bonds is 8. The molecule has 0 aliphatic rings. The van der Waals surface area contributed by atoms with E-state index in [1.807, 2.05) is 90.4 Å². The Balaban J connectivity index is 1.53. The summed E-state index contributed by atoms with van der Waals surface area (Å²) in [5.41, 5.74) is 6.44. The second-order valence-electron chi connectivity index (χ2n) is 7.20. The van der Waals surface area contributed by atoms with Gasteiger partial charge in [0.1, 0.15) is 5.75 Å². The molecule has 3 aromatic carbocycles. The van der Waals surface area contributed by atoms with Gasteiger partial charge in [-0.05, 0) is 48.9 Å². The Kier molecular flexibility index (Phi) is 7.16. The molecule has 1 N–H and O–H groups in total. The SMILES string of the molecule is COc1ccc(-c2nnc(SCC(=O)N/N=C\c3ccccc3)n2-c2ccc(C)cc2)cc1. The van der Waals surface area contributed by atoms with Crippen LogP contribution in [0.2, 0.25) is 0 Å². The molecule has 0 saturated carbocycles. The van der Waals surface area contributed by atoms with E-state index in [0.29, 0.717) is 11.0 Å². The van der Waals surface area contributed by atoms with Crippen LogP contribution in [0.4, 0.5) is 0 Å². The van der Waals surface area contributed by atoms with Crippen molar-refractivity contribution in [2.24, 2.45) is 5.10 Å². The highest BCUT2D eigenvalue weighted by molar-refractivity contribution is 7.99. The van der Waals surface area contributed by atoms with Crippen molar-refractivity contribution >= 4 is 23.9 Å². The molecular weight excluding hydrogens is 434 g/mol. The second-order valence-corrected chi connectivity index (χ2v) is 8.14. The maximum absolute atomic E-state index is 12.3. The molecule has 0 spiro atoms. The molecule has 4 aromatic rings. The Morgan fingerprint density at radius 3 is 2.45 bits per heavy atom. The first-order valence-corrected chi connectivity index (χ1v) is 11.3. The molecule has 0 aliphatic carbocycles. The predicted molar refractivity (Wildman–Crippen MR) is 131 cm³/mol. The lowest BCUT2D eigenvalue weighted by molar-refractivity contribution is -0.118. The molecular formula is C25H23N5O2S. The van der Waals surface area contributed by atoms with Crippen LogP contribution in [0.5, 0.6) is 5.75 Å². The van der Waals surface area contributed by atoms with Gasteiger partial charge in [0.15, 0.2) is 11.0 Å². The van der Waals surface area contributed by atoms with Crippen LogP contribution in [-0.4, -0.2) is 39.7 Å². The fourth-order valence-electron chi connectivity index (χ4n) is 3.10. The lowest BCUT2D eigenvalue weighted by atomic mass is 10.2. The number of aromatic nitrogens is 3. The minimum Gasteiger partial charge on any atom is -0.497 e. The monoisotopic (exact) mass is 457 g/mol. The molecule has 0 unspecified atom stereocenters. The van der Waals surface area contributed by atoms with Crippen LogP contribution in [0.1, 0.15) is 11.1 Å². The van der Waals surface area contributed by atoms with Crippen molar-refractivity contribution in [3.05, 3.63) is 90.0 Å². The van der Waals surface area contributed by atoms with Gasteiger partial charge in [-0.1, -0.05) is 59.8 Å². The van der Waals surface area contributed by atoms with E-state index in [9.17, 15) is 4.79 Å². The molecule has 0 atom stereocenters. The molecule has 0 aliphatic heterocycles. The van der Waals surface area contributed by atoms with E-state index < -0.39 is 0 Å². The molecule has 0 saturated heterocycles. The quantitative estimate of drug-likeness (QED) is 0.239. The topological polar surface area (TPSA) is 81.4 Å². The highest BCUT2D eigenvalue weighted by Crippen LogP contribution is 2.29. The van der Waals surface area contributed by atoms with E-state index >= 15 is 0 Å². The van der Waals surface area contributed by atoms with E-state index in [0.717, 1.165) is 28.1 Å². The Bertz CT molecular complexity index is 1240. The van der Waals surface area contributed by atoms with Crippen molar-refractivity contribution in [3.8, 4) is 22.8 Å². The molecule has 1 aromatic heterocycles. The van der Waals surface area contributed by atoms with Crippen LogP contribution in [0.3, 0.4) is 0 Å². The standard InChI is InChI=1S/C25H23N5O2S/c1-18-8-12-21(13-9-18)30-24(20-10-14-22(32-2)15-11-20)28-29-25(30)33-17-23(31)27-26-16-19-6-4-3-5-7-19/h3-16H,17H2,1-2H3,(H,27,31)/b26-16-. The number of nitrogens with one attached hydrogen (secondary N) is 1. The lowest BCUT2D eigenvalue weighted by Crippen LogP contribution is -2.20. The highest BCUT2D eigenvalue weighted by Gasteiger charge is 2.17. The van der Waals surface area contributed by atoms with Gasteiger partial charge in [0.25, 0.3) is 5.91 Å². The maximum atomic E-state index is 12.3. The molecule has 33 heavy (non-hydrogen) atoms. The van der Waals surface area contributed by atoms with Crippen LogP contribution >= 0.6 is 11.8 Å². The first kappa shape index (κ1) is 22.3. The number of hydrogen-bond acceptors (Lipinski definition) is 6. The number of hydrogen-bond donors (Lipinski definition) is 1. The number of aryl methyl sites for hydroxylation is 1. The van der Waals surface area contributed by atoms with Crippen molar-refractivity contribution < 1.29 is 9.53 Å². The van der Waals surface area contributed by atoms with Crippen molar-refractivity contribution in [2.75, 3.05) is 12.9 Å². The first-order chi connectivity index (χ1) is 16.1. The van der Waals surface area contributed by atoms with Crippen molar-refractivity contribution in [2.45, 2.75) is 12.1 Å². The zero-order valence-electron chi connectivity index (χ0n) is 18.3. The summed E-state index contributed by atoms with van der Waals surface area (Å²) in [6.45, 7) is 2.04. The minimum absolute atomic E-state index is 0.152. The molecule has 8 heteroatoms. The third-order valence-corrected chi connectivity index (χ3v) is 5.74. The highest BCUT2D eigenvalue weighted by atomic mass is 32.2. The smallest absolute Gasteiger partial charge is 0.250 e. The van der Waals surface area contributed by atoms with Gasteiger partial charge in [-0.2, -0.15) is 5.10 Å². The third kappa shape index (κ3) is 5.67. The van der Waals surface area contributed by atoms with Gasteiger partial charge in [0, 0.05) is 11.3 Å². The maximum Gasteiger partial charge on any atom is 0.250 e. The molecule has 7 nitrogen and oxygen atoms in total. The summed E-state index contributed by atoms with van der Waals surface area (Å²) in [6, 6.07) is 25.3. The molecule has 1 heterocycles. The lowest BCUT2D eigenvalue weighted by Gasteiger charge is -2.11. The predicted octanol–water partition coefficient (Wildman–Crippen LogP) is 4.49. The third-order valence-electron chi connectivity index (χ3n) is 4.81. The molecule has 0 bridgehead atoms. The Hall–Kier alpha value is -3.91. The molecule has 0 fully saturated rings.